The molecule has 4 rings (SSSR count). The molecule has 0 radical (unpaired) electrons. The van der Waals surface area contributed by atoms with Gasteiger partial charge in [-0.2, -0.15) is 0 Å². The third-order valence-corrected chi connectivity index (χ3v) is 5.79. The Kier molecular flexibility index (Phi) is 5.23. The zero-order valence-corrected chi connectivity index (χ0v) is 17.2. The molecule has 5 nitrogen and oxygen atoms in total. The number of benzene rings is 2. The van der Waals surface area contributed by atoms with Crippen LogP contribution in [0, 0.1) is 0 Å². The molecule has 1 N–H and O–H groups in total. The van der Waals surface area contributed by atoms with Crippen molar-refractivity contribution in [1.29, 1.82) is 0 Å². The third kappa shape index (κ3) is 3.34. The molecule has 3 aromatic rings. The molecule has 0 saturated heterocycles. The molecule has 1 aromatic heterocycles. The Morgan fingerprint density at radius 2 is 1.89 bits per heavy atom. The van der Waals surface area contributed by atoms with Crippen molar-refractivity contribution < 1.29 is 14.6 Å². The summed E-state index contributed by atoms with van der Waals surface area (Å²) in [5.74, 6) is 1.27. The fourth-order valence-electron chi connectivity index (χ4n) is 4.09. The smallest absolute Gasteiger partial charge is 0.161 e. The van der Waals surface area contributed by atoms with Gasteiger partial charge in [0.05, 0.1) is 26.9 Å². The summed E-state index contributed by atoms with van der Waals surface area (Å²) in [5, 5.41) is 12.9. The van der Waals surface area contributed by atoms with Crippen molar-refractivity contribution in [2.75, 3.05) is 27.8 Å². The van der Waals surface area contributed by atoms with Crippen molar-refractivity contribution in [3.05, 3.63) is 58.2 Å². The number of nitrogens with zero attached hydrogens (tertiary/aromatic N) is 2. The van der Waals surface area contributed by atoms with E-state index in [1.807, 2.05) is 30.3 Å². The molecule has 0 aliphatic carbocycles. The molecule has 2 aromatic carbocycles. The quantitative estimate of drug-likeness (QED) is 0.702. The molecular weight excluding hydrogens is 376 g/mol. The maximum atomic E-state index is 11.0. The molecule has 1 atom stereocenters. The van der Waals surface area contributed by atoms with Gasteiger partial charge in [0.1, 0.15) is 0 Å². The van der Waals surface area contributed by atoms with Crippen molar-refractivity contribution in [2.24, 2.45) is 0 Å². The Bertz CT molecular complexity index is 1010. The third-order valence-electron chi connectivity index (χ3n) is 5.56. The number of hydrogen-bond donors (Lipinski definition) is 1. The summed E-state index contributed by atoms with van der Waals surface area (Å²) in [6.45, 7) is 2.36. The highest BCUT2D eigenvalue weighted by molar-refractivity contribution is 6.31. The van der Waals surface area contributed by atoms with Crippen molar-refractivity contribution in [1.82, 2.24) is 9.47 Å². The minimum Gasteiger partial charge on any atom is -0.493 e. The second-order valence-electron chi connectivity index (χ2n) is 7.32. The standard InChI is InChI=1S/C22H25ClN2O3/c1-24-9-8-16-17-11-15(23)5-6-18(17)25(19(16)12-24)13-20(26)14-4-7-21(27-2)22(10-14)28-3/h4-7,10-11,20,26H,8-9,12-13H2,1-3H3. The van der Waals surface area contributed by atoms with Crippen LogP contribution in [0.2, 0.25) is 5.02 Å². The van der Waals surface area contributed by atoms with E-state index in [0.717, 1.165) is 35.6 Å². The van der Waals surface area contributed by atoms with Crippen LogP contribution >= 0.6 is 11.6 Å². The lowest BCUT2D eigenvalue weighted by atomic mass is 10.0. The van der Waals surface area contributed by atoms with Gasteiger partial charge in [0.2, 0.25) is 0 Å². The van der Waals surface area contributed by atoms with Crippen LogP contribution in [0.15, 0.2) is 36.4 Å². The maximum Gasteiger partial charge on any atom is 0.161 e. The lowest BCUT2D eigenvalue weighted by molar-refractivity contribution is 0.154. The van der Waals surface area contributed by atoms with Gasteiger partial charge in [0.15, 0.2) is 11.5 Å². The summed E-state index contributed by atoms with van der Waals surface area (Å²) in [4.78, 5) is 2.31. The van der Waals surface area contributed by atoms with Gasteiger partial charge in [-0.05, 0) is 54.9 Å². The maximum absolute atomic E-state index is 11.0. The number of likely N-dealkylation sites (N-methyl/N-ethyl adjacent to an activating group) is 1. The minimum atomic E-state index is -0.664. The van der Waals surface area contributed by atoms with E-state index in [0.29, 0.717) is 18.0 Å². The average molecular weight is 401 g/mol. The highest BCUT2D eigenvalue weighted by Gasteiger charge is 2.24. The SMILES string of the molecule is COc1ccc(C(O)Cn2c3c(c4cc(Cl)ccc42)CCN(C)C3)cc1OC. The zero-order valence-electron chi connectivity index (χ0n) is 16.4. The van der Waals surface area contributed by atoms with Crippen molar-refractivity contribution in [3.8, 4) is 11.5 Å². The fourth-order valence-corrected chi connectivity index (χ4v) is 4.27. The summed E-state index contributed by atoms with van der Waals surface area (Å²) >= 11 is 6.27. The lowest BCUT2D eigenvalue weighted by Gasteiger charge is -2.25. The summed E-state index contributed by atoms with van der Waals surface area (Å²) in [5.41, 5.74) is 4.51. The first-order chi connectivity index (χ1) is 13.5. The van der Waals surface area contributed by atoms with Crippen LogP contribution in [-0.2, 0) is 19.5 Å². The number of rotatable bonds is 5. The molecule has 28 heavy (non-hydrogen) atoms. The van der Waals surface area contributed by atoms with Crippen molar-refractivity contribution in [2.45, 2.75) is 25.6 Å². The Morgan fingerprint density at radius 3 is 2.64 bits per heavy atom. The zero-order chi connectivity index (χ0) is 19.8. The van der Waals surface area contributed by atoms with Crippen LogP contribution in [0.5, 0.6) is 11.5 Å². The highest BCUT2D eigenvalue weighted by Crippen LogP contribution is 2.35. The molecule has 0 amide bonds. The number of halogens is 1. The van der Waals surface area contributed by atoms with E-state index in [4.69, 9.17) is 21.1 Å². The van der Waals surface area contributed by atoms with Crippen molar-refractivity contribution >= 4 is 22.5 Å². The average Bonchev–Trinajstić information content (AvgIpc) is 2.99. The lowest BCUT2D eigenvalue weighted by Crippen LogP contribution is -2.28. The number of aromatic nitrogens is 1. The molecular formula is C22H25ClN2O3. The van der Waals surface area contributed by atoms with Gasteiger partial charge in [0, 0.05) is 34.7 Å². The molecule has 1 aliphatic rings. The van der Waals surface area contributed by atoms with Gasteiger partial charge in [-0.25, -0.2) is 0 Å². The van der Waals surface area contributed by atoms with Gasteiger partial charge >= 0.3 is 0 Å². The Labute approximate surface area is 170 Å². The first-order valence-electron chi connectivity index (χ1n) is 9.40. The number of aliphatic hydroxyl groups excluding tert-OH is 1. The predicted molar refractivity (Wildman–Crippen MR) is 111 cm³/mol. The second kappa shape index (κ2) is 7.66. The minimum absolute atomic E-state index is 0.469. The first-order valence-corrected chi connectivity index (χ1v) is 9.77. The summed E-state index contributed by atoms with van der Waals surface area (Å²) < 4.78 is 12.9. The number of ether oxygens (including phenoxy) is 2. The van der Waals surface area contributed by atoms with E-state index < -0.39 is 6.10 Å². The van der Waals surface area contributed by atoms with E-state index in [2.05, 4.69) is 22.6 Å². The largest absolute Gasteiger partial charge is 0.493 e. The van der Waals surface area contributed by atoms with Crippen molar-refractivity contribution in [3.63, 3.8) is 0 Å². The normalized spacial score (nSPS) is 15.5. The Hall–Kier alpha value is -2.21. The van der Waals surface area contributed by atoms with Crippen LogP contribution < -0.4 is 9.47 Å². The molecule has 0 saturated carbocycles. The molecule has 1 unspecified atom stereocenters. The van der Waals surface area contributed by atoms with Crippen LogP contribution in [-0.4, -0.2) is 42.4 Å². The predicted octanol–water partition coefficient (Wildman–Crippen LogP) is 4.03. The van der Waals surface area contributed by atoms with E-state index in [1.54, 1.807) is 14.2 Å². The topological polar surface area (TPSA) is 46.9 Å². The molecule has 6 heteroatoms. The van der Waals surface area contributed by atoms with E-state index >= 15 is 0 Å². The fraction of sp³-hybridized carbons (Fsp3) is 0.364. The first kappa shape index (κ1) is 19.1. The monoisotopic (exact) mass is 400 g/mol. The number of aliphatic hydroxyl groups is 1. The number of hydrogen-bond acceptors (Lipinski definition) is 4. The number of methoxy groups -OCH3 is 2. The van der Waals surface area contributed by atoms with Crippen LogP contribution in [0.25, 0.3) is 10.9 Å². The summed E-state index contributed by atoms with van der Waals surface area (Å²) in [6.07, 6.45) is 0.324. The van der Waals surface area contributed by atoms with Gasteiger partial charge in [-0.15, -0.1) is 0 Å². The molecule has 2 heterocycles. The van der Waals surface area contributed by atoms with Gasteiger partial charge < -0.3 is 24.0 Å². The van der Waals surface area contributed by atoms with E-state index in [-0.39, 0.29) is 0 Å². The summed E-state index contributed by atoms with van der Waals surface area (Å²) in [7, 11) is 5.33. The van der Waals surface area contributed by atoms with Gasteiger partial charge in [-0.3, -0.25) is 0 Å². The van der Waals surface area contributed by atoms with E-state index in [9.17, 15) is 5.11 Å². The Morgan fingerprint density at radius 1 is 1.11 bits per heavy atom. The van der Waals surface area contributed by atoms with Gasteiger partial charge in [0.25, 0.3) is 0 Å². The van der Waals surface area contributed by atoms with Crippen LogP contribution in [0.4, 0.5) is 0 Å². The Balaban J connectivity index is 1.74. The number of fused-ring (bicyclic) bond motifs is 3. The van der Waals surface area contributed by atoms with E-state index in [1.165, 1.54) is 16.6 Å². The van der Waals surface area contributed by atoms with Crippen LogP contribution in [0.3, 0.4) is 0 Å². The molecule has 1 aliphatic heterocycles. The summed E-state index contributed by atoms with van der Waals surface area (Å²) in [6, 6.07) is 11.6. The van der Waals surface area contributed by atoms with Crippen LogP contribution in [0.1, 0.15) is 22.9 Å². The molecule has 148 valence electrons. The molecule has 0 fully saturated rings. The molecule has 0 bridgehead atoms. The second-order valence-corrected chi connectivity index (χ2v) is 7.75. The highest BCUT2D eigenvalue weighted by atomic mass is 35.5. The molecule has 0 spiro atoms. The van der Waals surface area contributed by atoms with Gasteiger partial charge in [-0.1, -0.05) is 17.7 Å².